The van der Waals surface area contributed by atoms with Gasteiger partial charge in [-0.2, -0.15) is 0 Å². The first-order valence-corrected chi connectivity index (χ1v) is 4.42. The van der Waals surface area contributed by atoms with Crippen molar-refractivity contribution >= 4 is 0 Å². The van der Waals surface area contributed by atoms with Gasteiger partial charge in [-0.15, -0.1) is 0 Å². The molecule has 0 fully saturated rings. The van der Waals surface area contributed by atoms with Gasteiger partial charge in [-0.3, -0.25) is 0 Å². The number of nitrogens with zero attached hydrogens (tertiary/aromatic N) is 3. The maximum Gasteiger partial charge on any atom is 0.133 e. The third-order valence-electron chi connectivity index (χ3n) is 1.99. The van der Waals surface area contributed by atoms with E-state index in [1.807, 2.05) is 23.8 Å². The highest BCUT2D eigenvalue weighted by molar-refractivity contribution is 5.06. The van der Waals surface area contributed by atoms with Crippen molar-refractivity contribution in [3.8, 4) is 0 Å². The maximum absolute atomic E-state index is 5.53. The molecule has 2 N–H and O–H groups in total. The molecule has 2 rings (SSSR count). The number of hydrogen-bond acceptors (Lipinski definition) is 4. The van der Waals surface area contributed by atoms with Gasteiger partial charge in [0.05, 0.1) is 13.1 Å². The Balaban J connectivity index is 2.18. The molecule has 0 unspecified atom stereocenters. The largest absolute Gasteiger partial charge is 0.361 e. The Bertz CT molecular complexity index is 418. The molecule has 74 valence electrons. The fraction of sp³-hybridized carbons (Fsp3) is 0.333. The van der Waals surface area contributed by atoms with Gasteiger partial charge in [-0.25, -0.2) is 4.98 Å². The van der Waals surface area contributed by atoms with Gasteiger partial charge in [0, 0.05) is 18.5 Å². The first-order valence-electron chi connectivity index (χ1n) is 4.42. The van der Waals surface area contributed by atoms with Gasteiger partial charge in [0.2, 0.25) is 0 Å². The Kier molecular flexibility index (Phi) is 2.32. The van der Waals surface area contributed by atoms with Gasteiger partial charge in [-0.1, -0.05) is 5.16 Å². The maximum atomic E-state index is 5.53. The molecular formula is C9H12N4O. The van der Waals surface area contributed by atoms with Gasteiger partial charge in [0.15, 0.2) is 0 Å². The third kappa shape index (κ3) is 1.67. The molecular weight excluding hydrogens is 180 g/mol. The van der Waals surface area contributed by atoms with Gasteiger partial charge < -0.3 is 14.8 Å². The van der Waals surface area contributed by atoms with Crippen LogP contribution in [0, 0.1) is 6.92 Å². The molecule has 0 saturated carbocycles. The van der Waals surface area contributed by atoms with Crippen LogP contribution in [0.4, 0.5) is 0 Å². The normalized spacial score (nSPS) is 10.7. The minimum absolute atomic E-state index is 0.434. The Hall–Kier alpha value is -1.62. The zero-order valence-electron chi connectivity index (χ0n) is 7.97. The first kappa shape index (κ1) is 8.96. The summed E-state index contributed by atoms with van der Waals surface area (Å²) in [4.78, 5) is 4.12. The summed E-state index contributed by atoms with van der Waals surface area (Å²) < 4.78 is 6.93. The number of hydrogen-bond donors (Lipinski definition) is 1. The second kappa shape index (κ2) is 3.63. The fourth-order valence-corrected chi connectivity index (χ4v) is 1.34. The smallest absolute Gasteiger partial charge is 0.133 e. The molecule has 5 heteroatoms. The van der Waals surface area contributed by atoms with Gasteiger partial charge >= 0.3 is 0 Å². The van der Waals surface area contributed by atoms with E-state index in [1.54, 1.807) is 6.20 Å². The topological polar surface area (TPSA) is 69.9 Å². The van der Waals surface area contributed by atoms with Crippen LogP contribution < -0.4 is 5.73 Å². The lowest BCUT2D eigenvalue weighted by atomic mass is 10.4. The van der Waals surface area contributed by atoms with Gasteiger partial charge in [0.25, 0.3) is 0 Å². The predicted octanol–water partition coefficient (Wildman–Crippen LogP) is 0.687. The zero-order chi connectivity index (χ0) is 9.97. The van der Waals surface area contributed by atoms with Crippen LogP contribution in [0.1, 0.15) is 17.3 Å². The Morgan fingerprint density at radius 3 is 3.07 bits per heavy atom. The average Bonchev–Trinajstić information content (AvgIpc) is 2.76. The molecule has 0 saturated heterocycles. The molecule has 0 atom stereocenters. The molecule has 14 heavy (non-hydrogen) atoms. The van der Waals surface area contributed by atoms with E-state index in [-0.39, 0.29) is 0 Å². The predicted molar refractivity (Wildman–Crippen MR) is 50.5 cm³/mol. The van der Waals surface area contributed by atoms with Crippen molar-refractivity contribution in [2.75, 3.05) is 0 Å². The quantitative estimate of drug-likeness (QED) is 0.776. The van der Waals surface area contributed by atoms with E-state index in [1.165, 1.54) is 0 Å². The highest BCUT2D eigenvalue weighted by atomic mass is 16.5. The number of rotatable bonds is 3. The minimum Gasteiger partial charge on any atom is -0.361 e. The molecule has 0 amide bonds. The molecule has 0 bridgehead atoms. The van der Waals surface area contributed by atoms with Crippen molar-refractivity contribution < 1.29 is 4.52 Å². The molecule has 0 aliphatic rings. The second-order valence-electron chi connectivity index (χ2n) is 3.10. The van der Waals surface area contributed by atoms with E-state index in [4.69, 9.17) is 10.3 Å². The van der Waals surface area contributed by atoms with Crippen molar-refractivity contribution in [1.82, 2.24) is 14.7 Å². The number of nitrogens with two attached hydrogens (primary N) is 1. The monoisotopic (exact) mass is 192 g/mol. The van der Waals surface area contributed by atoms with Gasteiger partial charge in [0.1, 0.15) is 17.3 Å². The number of aryl methyl sites for hydroxylation is 1. The number of aromatic nitrogens is 3. The van der Waals surface area contributed by atoms with Crippen molar-refractivity contribution in [1.29, 1.82) is 0 Å². The molecule has 2 heterocycles. The summed E-state index contributed by atoms with van der Waals surface area (Å²) in [5.41, 5.74) is 6.41. The summed E-state index contributed by atoms with van der Waals surface area (Å²) in [7, 11) is 0. The molecule has 0 aromatic carbocycles. The third-order valence-corrected chi connectivity index (χ3v) is 1.99. The van der Waals surface area contributed by atoms with Crippen LogP contribution in [0.15, 0.2) is 23.0 Å². The van der Waals surface area contributed by atoms with E-state index in [0.717, 1.165) is 17.3 Å². The lowest BCUT2D eigenvalue weighted by Gasteiger charge is -2.02. The summed E-state index contributed by atoms with van der Waals surface area (Å²) in [6.07, 6.45) is 3.61. The summed E-state index contributed by atoms with van der Waals surface area (Å²) >= 11 is 0. The lowest BCUT2D eigenvalue weighted by Crippen LogP contribution is -2.08. The van der Waals surface area contributed by atoms with Crippen molar-refractivity contribution in [2.45, 2.75) is 20.0 Å². The molecule has 0 spiro atoms. The van der Waals surface area contributed by atoms with Crippen LogP contribution in [-0.2, 0) is 13.1 Å². The highest BCUT2D eigenvalue weighted by Crippen LogP contribution is 2.05. The Morgan fingerprint density at radius 1 is 1.57 bits per heavy atom. The summed E-state index contributed by atoms with van der Waals surface area (Å²) in [6.45, 7) is 2.96. The molecule has 2 aromatic rings. The van der Waals surface area contributed by atoms with E-state index in [2.05, 4.69) is 10.1 Å². The lowest BCUT2D eigenvalue weighted by molar-refractivity contribution is 0.388. The summed E-state index contributed by atoms with van der Waals surface area (Å²) in [6, 6.07) is 1.90. The van der Waals surface area contributed by atoms with Crippen LogP contribution in [-0.4, -0.2) is 14.7 Å². The van der Waals surface area contributed by atoms with Crippen molar-refractivity contribution in [3.63, 3.8) is 0 Å². The van der Waals surface area contributed by atoms with Crippen molar-refractivity contribution in [3.05, 3.63) is 35.7 Å². The first-order chi connectivity index (χ1) is 6.79. The van der Waals surface area contributed by atoms with E-state index in [9.17, 15) is 0 Å². The molecule has 0 aliphatic carbocycles. The van der Waals surface area contributed by atoms with E-state index >= 15 is 0 Å². The van der Waals surface area contributed by atoms with Crippen molar-refractivity contribution in [2.24, 2.45) is 5.73 Å². The van der Waals surface area contributed by atoms with E-state index in [0.29, 0.717) is 13.1 Å². The molecule has 5 nitrogen and oxygen atoms in total. The zero-order valence-corrected chi connectivity index (χ0v) is 7.97. The molecule has 0 radical (unpaired) electrons. The Morgan fingerprint density at radius 2 is 2.43 bits per heavy atom. The number of imidazole rings is 1. The van der Waals surface area contributed by atoms with E-state index < -0.39 is 0 Å². The van der Waals surface area contributed by atoms with Crippen LogP contribution >= 0.6 is 0 Å². The fourth-order valence-electron chi connectivity index (χ4n) is 1.34. The van der Waals surface area contributed by atoms with Crippen LogP contribution in [0.25, 0.3) is 0 Å². The minimum atomic E-state index is 0.434. The highest BCUT2D eigenvalue weighted by Gasteiger charge is 2.04. The molecule has 0 aliphatic heterocycles. The molecule has 2 aromatic heterocycles. The summed E-state index contributed by atoms with van der Waals surface area (Å²) in [5, 5.41) is 3.90. The van der Waals surface area contributed by atoms with Crippen LogP contribution in [0.3, 0.4) is 0 Å². The van der Waals surface area contributed by atoms with Crippen LogP contribution in [0.2, 0.25) is 0 Å². The summed E-state index contributed by atoms with van der Waals surface area (Å²) in [5.74, 6) is 1.67. The standard InChI is InChI=1S/C9H12N4O/c1-7-4-8(12-14-7)6-13-3-2-11-9(13)5-10/h2-4H,5-6,10H2,1H3. The van der Waals surface area contributed by atoms with Gasteiger partial charge in [-0.05, 0) is 6.92 Å². The SMILES string of the molecule is Cc1cc(Cn2ccnc2CN)no1. The second-order valence-corrected chi connectivity index (χ2v) is 3.10. The van der Waals surface area contributed by atoms with Crippen LogP contribution in [0.5, 0.6) is 0 Å². The Labute approximate surface area is 81.5 Å². The average molecular weight is 192 g/mol.